The molecule has 0 fully saturated rings. The molecule has 2 aromatic heterocycles. The summed E-state index contributed by atoms with van der Waals surface area (Å²) in [5.41, 5.74) is 3.78. The third-order valence-corrected chi connectivity index (χ3v) is 5.46. The summed E-state index contributed by atoms with van der Waals surface area (Å²) in [5, 5.41) is 18.4. The van der Waals surface area contributed by atoms with Crippen molar-refractivity contribution in [3.05, 3.63) is 65.7 Å². The Morgan fingerprint density at radius 3 is 2.45 bits per heavy atom. The lowest BCUT2D eigenvalue weighted by Gasteiger charge is -2.15. The number of aryl methyl sites for hydroxylation is 1. The van der Waals surface area contributed by atoms with E-state index in [1.165, 1.54) is 4.68 Å². The Morgan fingerprint density at radius 2 is 1.76 bits per heavy atom. The highest BCUT2D eigenvalue weighted by Crippen LogP contribution is 2.32. The van der Waals surface area contributed by atoms with Crippen molar-refractivity contribution >= 4 is 0 Å². The number of H-pyrrole nitrogens is 1. The van der Waals surface area contributed by atoms with Crippen molar-refractivity contribution < 1.29 is 8.78 Å². The molecular formula is C24H27F2N7. The van der Waals surface area contributed by atoms with Gasteiger partial charge in [-0.1, -0.05) is 62.7 Å². The number of nitrogens with one attached hydrogen (secondary N) is 1. The number of hydrogen-bond donors (Lipinski definition) is 1. The summed E-state index contributed by atoms with van der Waals surface area (Å²) in [6.45, 7) is 4.06. The number of hydrogen-bond acceptors (Lipinski definition) is 5. The molecule has 172 valence electrons. The molecule has 33 heavy (non-hydrogen) atoms. The van der Waals surface area contributed by atoms with Gasteiger partial charge in [-0.15, -0.1) is 5.10 Å². The smallest absolute Gasteiger partial charge is 0.240 e. The zero-order valence-electron chi connectivity index (χ0n) is 18.8. The Bertz CT molecular complexity index is 1170. The summed E-state index contributed by atoms with van der Waals surface area (Å²) in [5.74, 6) is -2.16. The SMILES string of the molecule is CCCCc1nc(C(F)(F)CCC)n(Cc2ccc(-c3cccc(-c4nnn[nH]4)c3)cc2)n1. The number of tetrazole rings is 1. The zero-order chi connectivity index (χ0) is 23.3. The van der Waals surface area contributed by atoms with E-state index >= 15 is 0 Å². The Morgan fingerprint density at radius 1 is 0.970 bits per heavy atom. The molecule has 0 aliphatic rings. The minimum Gasteiger partial charge on any atom is -0.240 e. The molecule has 2 heterocycles. The molecule has 2 aromatic carbocycles. The van der Waals surface area contributed by atoms with Crippen LogP contribution in [0, 0.1) is 0 Å². The van der Waals surface area contributed by atoms with E-state index in [9.17, 15) is 8.78 Å². The van der Waals surface area contributed by atoms with Crippen molar-refractivity contribution in [3.8, 4) is 22.5 Å². The van der Waals surface area contributed by atoms with E-state index < -0.39 is 5.92 Å². The van der Waals surface area contributed by atoms with Crippen LogP contribution in [-0.2, 0) is 18.9 Å². The van der Waals surface area contributed by atoms with Crippen molar-refractivity contribution in [2.75, 3.05) is 0 Å². The van der Waals surface area contributed by atoms with Gasteiger partial charge in [0.2, 0.25) is 0 Å². The standard InChI is InChI=1S/C24H27F2N7/c1-3-5-9-21-27-23(24(25,26)14-4-2)33(30-21)16-17-10-12-18(13-11-17)19-7-6-8-20(15-19)22-28-31-32-29-22/h6-8,10-13,15H,3-5,9,14,16H2,1-2H3,(H,28,29,31,32). The van der Waals surface area contributed by atoms with Crippen LogP contribution in [0.3, 0.4) is 0 Å². The van der Waals surface area contributed by atoms with Crippen molar-refractivity contribution in [3.63, 3.8) is 0 Å². The Balaban J connectivity index is 1.57. The number of alkyl halides is 2. The van der Waals surface area contributed by atoms with E-state index in [1.807, 2.05) is 48.5 Å². The predicted molar refractivity (Wildman–Crippen MR) is 122 cm³/mol. The van der Waals surface area contributed by atoms with Crippen LogP contribution in [0.5, 0.6) is 0 Å². The average molecular weight is 452 g/mol. The highest BCUT2D eigenvalue weighted by molar-refractivity contribution is 5.70. The van der Waals surface area contributed by atoms with E-state index in [0.717, 1.165) is 35.1 Å². The lowest BCUT2D eigenvalue weighted by molar-refractivity contribution is -0.0270. The minimum atomic E-state index is -3.00. The lowest BCUT2D eigenvalue weighted by atomic mass is 10.0. The summed E-state index contributed by atoms with van der Waals surface area (Å²) < 4.78 is 30.9. The molecule has 4 aromatic rings. The Hall–Kier alpha value is -3.49. The molecule has 0 amide bonds. The topological polar surface area (TPSA) is 85.2 Å². The fourth-order valence-corrected chi connectivity index (χ4v) is 3.74. The largest absolute Gasteiger partial charge is 0.306 e. The molecule has 0 aliphatic carbocycles. The third kappa shape index (κ3) is 5.30. The van der Waals surface area contributed by atoms with Gasteiger partial charge in [0.05, 0.1) is 6.54 Å². The third-order valence-electron chi connectivity index (χ3n) is 5.46. The highest BCUT2D eigenvalue weighted by atomic mass is 19.3. The molecule has 9 heteroatoms. The van der Waals surface area contributed by atoms with Gasteiger partial charge in [-0.2, -0.15) is 13.9 Å². The van der Waals surface area contributed by atoms with E-state index in [2.05, 4.69) is 37.6 Å². The van der Waals surface area contributed by atoms with Crippen molar-refractivity contribution in [1.29, 1.82) is 0 Å². The lowest BCUT2D eigenvalue weighted by Crippen LogP contribution is -2.21. The summed E-state index contributed by atoms with van der Waals surface area (Å²) in [4.78, 5) is 4.22. The van der Waals surface area contributed by atoms with Crippen molar-refractivity contribution in [2.24, 2.45) is 0 Å². The van der Waals surface area contributed by atoms with E-state index in [1.54, 1.807) is 6.92 Å². The van der Waals surface area contributed by atoms with Gasteiger partial charge in [0, 0.05) is 18.4 Å². The average Bonchev–Trinajstić information content (AvgIpc) is 3.49. The van der Waals surface area contributed by atoms with Gasteiger partial charge in [-0.25, -0.2) is 14.8 Å². The molecule has 0 atom stereocenters. The Kier molecular flexibility index (Phi) is 6.86. The van der Waals surface area contributed by atoms with Gasteiger partial charge >= 0.3 is 5.92 Å². The molecule has 0 spiro atoms. The van der Waals surface area contributed by atoms with Crippen molar-refractivity contribution in [2.45, 2.75) is 58.4 Å². The highest BCUT2D eigenvalue weighted by Gasteiger charge is 2.36. The zero-order valence-corrected chi connectivity index (χ0v) is 18.8. The quantitative estimate of drug-likeness (QED) is 0.349. The minimum absolute atomic E-state index is 0.241. The number of rotatable bonds is 10. The molecule has 0 aliphatic heterocycles. The van der Waals surface area contributed by atoms with Crippen LogP contribution < -0.4 is 0 Å². The second kappa shape index (κ2) is 9.97. The van der Waals surface area contributed by atoms with Crippen LogP contribution >= 0.6 is 0 Å². The number of nitrogens with zero attached hydrogens (tertiary/aromatic N) is 6. The van der Waals surface area contributed by atoms with Gasteiger partial charge in [0.25, 0.3) is 0 Å². The molecule has 0 saturated carbocycles. The first-order valence-electron chi connectivity index (χ1n) is 11.3. The second-order valence-corrected chi connectivity index (χ2v) is 8.09. The maximum atomic E-state index is 14.8. The van der Waals surface area contributed by atoms with Gasteiger partial charge in [0.1, 0.15) is 0 Å². The molecule has 0 saturated heterocycles. The summed E-state index contributed by atoms with van der Waals surface area (Å²) in [6.07, 6.45) is 2.58. The van der Waals surface area contributed by atoms with Crippen LogP contribution in [0.15, 0.2) is 48.5 Å². The molecular weight excluding hydrogens is 424 g/mol. The van der Waals surface area contributed by atoms with Gasteiger partial charge in [-0.05, 0) is 46.0 Å². The molecule has 0 bridgehead atoms. The number of aromatic nitrogens is 7. The molecule has 4 rings (SSSR count). The van der Waals surface area contributed by atoms with Crippen LogP contribution in [0.1, 0.15) is 56.7 Å². The molecule has 1 N–H and O–H groups in total. The van der Waals surface area contributed by atoms with Gasteiger partial charge < -0.3 is 0 Å². The van der Waals surface area contributed by atoms with Gasteiger partial charge in [0.15, 0.2) is 17.5 Å². The summed E-state index contributed by atoms with van der Waals surface area (Å²) >= 11 is 0. The molecule has 7 nitrogen and oxygen atoms in total. The van der Waals surface area contributed by atoms with Crippen molar-refractivity contribution in [1.82, 2.24) is 35.4 Å². The summed E-state index contributed by atoms with van der Waals surface area (Å²) in [7, 11) is 0. The van der Waals surface area contributed by atoms with Crippen LogP contribution in [-0.4, -0.2) is 35.4 Å². The monoisotopic (exact) mass is 451 g/mol. The maximum Gasteiger partial charge on any atom is 0.306 e. The second-order valence-electron chi connectivity index (χ2n) is 8.09. The first-order valence-corrected chi connectivity index (χ1v) is 11.3. The first kappa shape index (κ1) is 22.7. The number of benzene rings is 2. The van der Waals surface area contributed by atoms with Crippen LogP contribution in [0.25, 0.3) is 22.5 Å². The number of halogens is 2. The van der Waals surface area contributed by atoms with E-state index in [-0.39, 0.29) is 18.8 Å². The van der Waals surface area contributed by atoms with E-state index in [4.69, 9.17) is 0 Å². The van der Waals surface area contributed by atoms with E-state index in [0.29, 0.717) is 24.5 Å². The predicted octanol–water partition coefficient (Wildman–Crippen LogP) is 5.41. The molecule has 0 unspecified atom stereocenters. The first-order chi connectivity index (χ1) is 16.0. The number of unbranched alkanes of at least 4 members (excludes halogenated alkanes) is 1. The van der Waals surface area contributed by atoms with Gasteiger partial charge in [-0.3, -0.25) is 0 Å². The summed E-state index contributed by atoms with van der Waals surface area (Å²) in [6, 6.07) is 15.7. The van der Waals surface area contributed by atoms with Crippen LogP contribution in [0.2, 0.25) is 0 Å². The normalized spacial score (nSPS) is 11.8. The number of aromatic amines is 1. The van der Waals surface area contributed by atoms with Crippen LogP contribution in [0.4, 0.5) is 8.78 Å². The molecule has 0 radical (unpaired) electrons. The Labute approximate surface area is 191 Å². The maximum absolute atomic E-state index is 14.8. The fourth-order valence-electron chi connectivity index (χ4n) is 3.74. The fraction of sp³-hybridized carbons (Fsp3) is 0.375.